The van der Waals surface area contributed by atoms with Crippen molar-refractivity contribution in [2.45, 2.75) is 51.5 Å². The SMILES string of the molecule is CNC(c1cc(Br)sc1C)C1CCCCCC1. The summed E-state index contributed by atoms with van der Waals surface area (Å²) >= 11 is 5.47. The fraction of sp³-hybridized carbons (Fsp3) is 0.714. The normalized spacial score (nSPS) is 20.2. The van der Waals surface area contributed by atoms with Crippen LogP contribution < -0.4 is 5.32 Å². The summed E-state index contributed by atoms with van der Waals surface area (Å²) in [5.41, 5.74) is 1.51. The van der Waals surface area contributed by atoms with E-state index >= 15 is 0 Å². The first kappa shape index (κ1) is 13.6. The highest BCUT2D eigenvalue weighted by Gasteiger charge is 2.25. The highest BCUT2D eigenvalue weighted by Crippen LogP contribution is 2.38. The molecular formula is C14H22BrNS. The van der Waals surface area contributed by atoms with Gasteiger partial charge in [-0.2, -0.15) is 0 Å². The summed E-state index contributed by atoms with van der Waals surface area (Å²) in [5, 5.41) is 3.56. The average Bonchev–Trinajstić information content (AvgIpc) is 2.55. The minimum Gasteiger partial charge on any atom is -0.313 e. The van der Waals surface area contributed by atoms with Gasteiger partial charge in [0, 0.05) is 10.9 Å². The van der Waals surface area contributed by atoms with Crippen molar-refractivity contribution in [3.05, 3.63) is 20.3 Å². The molecule has 0 aliphatic heterocycles. The largest absolute Gasteiger partial charge is 0.313 e. The molecule has 1 aromatic heterocycles. The summed E-state index contributed by atoms with van der Waals surface area (Å²) in [6, 6.07) is 2.86. The summed E-state index contributed by atoms with van der Waals surface area (Å²) in [6.07, 6.45) is 8.45. The molecule has 1 saturated carbocycles. The van der Waals surface area contributed by atoms with Crippen LogP contribution in [0.4, 0.5) is 0 Å². The summed E-state index contributed by atoms with van der Waals surface area (Å²) in [6.45, 7) is 2.24. The molecule has 96 valence electrons. The van der Waals surface area contributed by atoms with Gasteiger partial charge < -0.3 is 5.32 Å². The summed E-state index contributed by atoms with van der Waals surface area (Å²) < 4.78 is 1.26. The number of nitrogens with one attached hydrogen (secondary N) is 1. The summed E-state index contributed by atoms with van der Waals surface area (Å²) in [5.74, 6) is 0.822. The predicted molar refractivity (Wildman–Crippen MR) is 79.7 cm³/mol. The Balaban J connectivity index is 2.16. The van der Waals surface area contributed by atoms with Crippen molar-refractivity contribution in [2.24, 2.45) is 5.92 Å². The maximum atomic E-state index is 3.61. The van der Waals surface area contributed by atoms with Gasteiger partial charge in [0.1, 0.15) is 0 Å². The molecule has 0 saturated heterocycles. The quantitative estimate of drug-likeness (QED) is 0.770. The van der Waals surface area contributed by atoms with E-state index in [-0.39, 0.29) is 0 Å². The van der Waals surface area contributed by atoms with Gasteiger partial charge in [-0.25, -0.2) is 0 Å². The molecule has 1 nitrogen and oxygen atoms in total. The Morgan fingerprint density at radius 1 is 1.29 bits per heavy atom. The van der Waals surface area contributed by atoms with Crippen molar-refractivity contribution in [1.29, 1.82) is 0 Å². The zero-order chi connectivity index (χ0) is 12.3. The van der Waals surface area contributed by atoms with Crippen LogP contribution in [0, 0.1) is 12.8 Å². The first-order chi connectivity index (χ1) is 8.22. The number of hydrogen-bond donors (Lipinski definition) is 1. The highest BCUT2D eigenvalue weighted by atomic mass is 79.9. The van der Waals surface area contributed by atoms with Gasteiger partial charge in [-0.1, -0.05) is 25.7 Å². The van der Waals surface area contributed by atoms with Gasteiger partial charge in [-0.15, -0.1) is 11.3 Å². The van der Waals surface area contributed by atoms with E-state index in [4.69, 9.17) is 0 Å². The Hall–Kier alpha value is 0.140. The first-order valence-electron chi connectivity index (χ1n) is 6.65. The molecule has 17 heavy (non-hydrogen) atoms. The van der Waals surface area contributed by atoms with E-state index in [0.717, 1.165) is 5.92 Å². The van der Waals surface area contributed by atoms with Crippen LogP contribution in [0.25, 0.3) is 0 Å². The Morgan fingerprint density at radius 3 is 2.41 bits per heavy atom. The lowest BCUT2D eigenvalue weighted by molar-refractivity contribution is 0.341. The van der Waals surface area contributed by atoms with E-state index in [1.165, 1.54) is 52.8 Å². The van der Waals surface area contributed by atoms with Crippen LogP contribution >= 0.6 is 27.3 Å². The molecule has 0 aromatic carbocycles. The maximum Gasteiger partial charge on any atom is 0.0704 e. The topological polar surface area (TPSA) is 12.0 Å². The van der Waals surface area contributed by atoms with Crippen LogP contribution in [-0.4, -0.2) is 7.05 Å². The van der Waals surface area contributed by atoms with Crippen LogP contribution in [-0.2, 0) is 0 Å². The molecule has 1 aliphatic carbocycles. The number of aryl methyl sites for hydroxylation is 1. The lowest BCUT2D eigenvalue weighted by atomic mass is 9.87. The van der Waals surface area contributed by atoms with Gasteiger partial charge in [0.2, 0.25) is 0 Å². The molecule has 0 spiro atoms. The van der Waals surface area contributed by atoms with Crippen LogP contribution in [0.3, 0.4) is 0 Å². The Morgan fingerprint density at radius 2 is 1.94 bits per heavy atom. The number of thiophene rings is 1. The average molecular weight is 316 g/mol. The van der Waals surface area contributed by atoms with Crippen LogP contribution in [0.2, 0.25) is 0 Å². The van der Waals surface area contributed by atoms with Gasteiger partial charge in [0.05, 0.1) is 3.79 Å². The third-order valence-corrected chi connectivity index (χ3v) is 5.51. The monoisotopic (exact) mass is 315 g/mol. The molecule has 1 N–H and O–H groups in total. The minimum atomic E-state index is 0.552. The molecule has 1 fully saturated rings. The Kier molecular flexibility index (Phi) is 5.07. The smallest absolute Gasteiger partial charge is 0.0704 e. The van der Waals surface area contributed by atoms with Crippen LogP contribution in [0.5, 0.6) is 0 Å². The molecule has 3 heteroatoms. The second-order valence-corrected chi connectivity index (χ2v) is 7.72. The fourth-order valence-electron chi connectivity index (χ4n) is 3.06. The van der Waals surface area contributed by atoms with Crippen LogP contribution in [0.15, 0.2) is 9.85 Å². The molecular weight excluding hydrogens is 294 g/mol. The van der Waals surface area contributed by atoms with E-state index in [1.54, 1.807) is 0 Å². The van der Waals surface area contributed by atoms with Gasteiger partial charge in [-0.3, -0.25) is 0 Å². The number of rotatable bonds is 3. The van der Waals surface area contributed by atoms with Crippen molar-refractivity contribution in [3.8, 4) is 0 Å². The van der Waals surface area contributed by atoms with Crippen molar-refractivity contribution in [1.82, 2.24) is 5.32 Å². The zero-order valence-electron chi connectivity index (χ0n) is 10.8. The fourth-order valence-corrected chi connectivity index (χ4v) is 4.81. The minimum absolute atomic E-state index is 0.552. The second kappa shape index (κ2) is 6.35. The Bertz CT molecular complexity index is 353. The molecule has 1 atom stereocenters. The molecule has 0 radical (unpaired) electrons. The first-order valence-corrected chi connectivity index (χ1v) is 8.26. The van der Waals surface area contributed by atoms with Crippen LogP contribution in [0.1, 0.15) is 55.0 Å². The highest BCUT2D eigenvalue weighted by molar-refractivity contribution is 9.11. The molecule has 1 unspecified atom stereocenters. The summed E-state index contributed by atoms with van der Waals surface area (Å²) in [7, 11) is 2.11. The molecule has 1 aromatic rings. The molecule has 1 heterocycles. The molecule has 1 aliphatic rings. The van der Waals surface area contributed by atoms with E-state index in [1.807, 2.05) is 11.3 Å². The lowest BCUT2D eigenvalue weighted by Crippen LogP contribution is -2.25. The van der Waals surface area contributed by atoms with E-state index < -0.39 is 0 Å². The van der Waals surface area contributed by atoms with Gasteiger partial charge in [-0.05, 0) is 60.3 Å². The van der Waals surface area contributed by atoms with Crippen molar-refractivity contribution in [2.75, 3.05) is 7.05 Å². The lowest BCUT2D eigenvalue weighted by Gasteiger charge is -2.26. The number of hydrogen-bond acceptors (Lipinski definition) is 2. The molecule has 0 amide bonds. The Labute approximate surface area is 117 Å². The van der Waals surface area contributed by atoms with E-state index in [0.29, 0.717) is 6.04 Å². The van der Waals surface area contributed by atoms with E-state index in [9.17, 15) is 0 Å². The maximum absolute atomic E-state index is 3.61. The number of halogens is 1. The van der Waals surface area contributed by atoms with Gasteiger partial charge in [0.25, 0.3) is 0 Å². The molecule has 0 bridgehead atoms. The van der Waals surface area contributed by atoms with Gasteiger partial charge >= 0.3 is 0 Å². The third-order valence-electron chi connectivity index (χ3n) is 3.94. The van der Waals surface area contributed by atoms with Gasteiger partial charge in [0.15, 0.2) is 0 Å². The summed E-state index contributed by atoms with van der Waals surface area (Å²) in [4.78, 5) is 1.46. The van der Waals surface area contributed by atoms with Crippen molar-refractivity contribution >= 4 is 27.3 Å². The standard InChI is InChI=1S/C14H22BrNS/c1-10-12(9-13(15)17-10)14(16-2)11-7-5-3-4-6-8-11/h9,11,14,16H,3-8H2,1-2H3. The van der Waals surface area contributed by atoms with Crippen molar-refractivity contribution < 1.29 is 0 Å². The predicted octanol–water partition coefficient (Wildman–Crippen LogP) is 5.05. The van der Waals surface area contributed by atoms with E-state index in [2.05, 4.69) is 41.3 Å². The second-order valence-electron chi connectivity index (χ2n) is 5.08. The molecule has 2 rings (SSSR count). The third kappa shape index (κ3) is 3.33. The van der Waals surface area contributed by atoms with Crippen molar-refractivity contribution in [3.63, 3.8) is 0 Å². The zero-order valence-corrected chi connectivity index (χ0v) is 13.2.